The lowest BCUT2D eigenvalue weighted by Crippen LogP contribution is -2.36. The van der Waals surface area contributed by atoms with E-state index < -0.39 is 0 Å². The van der Waals surface area contributed by atoms with Gasteiger partial charge in [0.05, 0.1) is 0 Å². The van der Waals surface area contributed by atoms with Gasteiger partial charge in [0.25, 0.3) is 0 Å². The van der Waals surface area contributed by atoms with Gasteiger partial charge in [-0.15, -0.1) is 0 Å². The van der Waals surface area contributed by atoms with E-state index in [9.17, 15) is 0 Å². The van der Waals surface area contributed by atoms with Crippen molar-refractivity contribution in [3.8, 4) is 0 Å². The molecule has 1 aromatic rings. The Bertz CT molecular complexity index is 394. The molecule has 3 rings (SSSR count). The van der Waals surface area contributed by atoms with Gasteiger partial charge in [0.2, 0.25) is 0 Å². The maximum Gasteiger partial charge on any atom is 0.0376 e. The smallest absolute Gasteiger partial charge is 0.0376 e. The van der Waals surface area contributed by atoms with Gasteiger partial charge in [-0.3, -0.25) is 0 Å². The summed E-state index contributed by atoms with van der Waals surface area (Å²) in [5.41, 5.74) is 2.88. The van der Waals surface area contributed by atoms with E-state index in [4.69, 9.17) is 0 Å². The average molecular weight is 244 g/mol. The Kier molecular flexibility index (Phi) is 3.55. The van der Waals surface area contributed by atoms with Crippen LogP contribution in [0.1, 0.15) is 37.7 Å². The summed E-state index contributed by atoms with van der Waals surface area (Å²) in [6, 6.07) is 8.79. The van der Waals surface area contributed by atoms with Crippen LogP contribution in [0.2, 0.25) is 0 Å². The van der Waals surface area contributed by atoms with E-state index in [1.807, 2.05) is 0 Å². The maximum absolute atomic E-state index is 3.53. The predicted molar refractivity (Wildman–Crippen MR) is 77.1 cm³/mol. The van der Waals surface area contributed by atoms with Crippen molar-refractivity contribution >= 4 is 5.69 Å². The van der Waals surface area contributed by atoms with Gasteiger partial charge in [-0.05, 0) is 43.5 Å². The van der Waals surface area contributed by atoms with Crippen LogP contribution >= 0.6 is 0 Å². The van der Waals surface area contributed by atoms with Crippen molar-refractivity contribution in [1.29, 1.82) is 0 Å². The number of hydrogen-bond acceptors (Lipinski definition) is 2. The number of rotatable bonds is 3. The summed E-state index contributed by atoms with van der Waals surface area (Å²) in [5, 5.41) is 3.53. The van der Waals surface area contributed by atoms with Crippen molar-refractivity contribution in [1.82, 2.24) is 4.90 Å². The van der Waals surface area contributed by atoms with Gasteiger partial charge >= 0.3 is 0 Å². The number of nitrogens with zero attached hydrogens (tertiary/aromatic N) is 1. The Morgan fingerprint density at radius 1 is 1.22 bits per heavy atom. The predicted octanol–water partition coefficient (Wildman–Crippen LogP) is 3.32. The van der Waals surface area contributed by atoms with E-state index in [-0.39, 0.29) is 0 Å². The minimum atomic E-state index is 0.694. The molecule has 2 heterocycles. The number of likely N-dealkylation sites (tertiary alicyclic amines) is 1. The zero-order valence-electron chi connectivity index (χ0n) is 11.4. The van der Waals surface area contributed by atoms with Crippen LogP contribution in [-0.2, 0) is 0 Å². The van der Waals surface area contributed by atoms with Crippen LogP contribution in [0.5, 0.6) is 0 Å². The van der Waals surface area contributed by atoms with E-state index in [2.05, 4.69) is 41.4 Å². The first-order valence-electron chi connectivity index (χ1n) is 7.42. The van der Waals surface area contributed by atoms with Gasteiger partial charge in [0.15, 0.2) is 0 Å². The molecule has 0 bridgehead atoms. The van der Waals surface area contributed by atoms with Crippen molar-refractivity contribution in [3.05, 3.63) is 29.8 Å². The average Bonchev–Trinajstić information content (AvgIpc) is 2.83. The molecule has 2 nitrogen and oxygen atoms in total. The fourth-order valence-electron chi connectivity index (χ4n) is 3.41. The van der Waals surface area contributed by atoms with Gasteiger partial charge in [0.1, 0.15) is 0 Å². The Morgan fingerprint density at radius 3 is 2.78 bits per heavy atom. The highest BCUT2D eigenvalue weighted by Crippen LogP contribution is 2.32. The van der Waals surface area contributed by atoms with E-state index in [0.717, 1.165) is 12.5 Å². The second-order valence-corrected chi connectivity index (χ2v) is 5.82. The first-order chi connectivity index (χ1) is 8.86. The fraction of sp³-hybridized carbons (Fsp3) is 0.625. The van der Waals surface area contributed by atoms with Gasteiger partial charge in [-0.1, -0.05) is 31.5 Å². The van der Waals surface area contributed by atoms with Crippen molar-refractivity contribution < 1.29 is 0 Å². The van der Waals surface area contributed by atoms with Crippen LogP contribution in [0.15, 0.2) is 24.3 Å². The van der Waals surface area contributed by atoms with Crippen LogP contribution in [-0.4, -0.2) is 31.1 Å². The molecule has 1 aromatic carbocycles. The minimum Gasteiger partial charge on any atom is -0.384 e. The first-order valence-corrected chi connectivity index (χ1v) is 7.42. The van der Waals surface area contributed by atoms with Crippen LogP contribution in [0, 0.1) is 5.92 Å². The van der Waals surface area contributed by atoms with Gasteiger partial charge in [-0.2, -0.15) is 0 Å². The number of para-hydroxylation sites is 1. The second-order valence-electron chi connectivity index (χ2n) is 5.82. The maximum atomic E-state index is 3.53. The lowest BCUT2D eigenvalue weighted by molar-refractivity contribution is 0.175. The Labute approximate surface area is 110 Å². The lowest BCUT2D eigenvalue weighted by atomic mass is 9.93. The molecule has 2 aliphatic rings. The number of fused-ring (bicyclic) bond motifs is 1. The van der Waals surface area contributed by atoms with Gasteiger partial charge in [-0.25, -0.2) is 0 Å². The SMILES string of the molecule is CCC1CCN(CC2CNc3ccccc32)CC1. The number of benzene rings is 1. The van der Waals surface area contributed by atoms with Crippen molar-refractivity contribution in [2.24, 2.45) is 5.92 Å². The van der Waals surface area contributed by atoms with E-state index in [1.54, 1.807) is 0 Å². The first kappa shape index (κ1) is 12.0. The molecule has 1 unspecified atom stereocenters. The molecule has 0 aromatic heterocycles. The molecule has 1 atom stereocenters. The summed E-state index contributed by atoms with van der Waals surface area (Å²) in [4.78, 5) is 2.67. The molecule has 1 fully saturated rings. The summed E-state index contributed by atoms with van der Waals surface area (Å²) in [6.07, 6.45) is 4.16. The minimum absolute atomic E-state index is 0.694. The number of piperidine rings is 1. The van der Waals surface area contributed by atoms with Crippen molar-refractivity contribution in [3.63, 3.8) is 0 Å². The molecule has 0 radical (unpaired) electrons. The second kappa shape index (κ2) is 5.31. The van der Waals surface area contributed by atoms with Crippen LogP contribution in [0.4, 0.5) is 5.69 Å². The molecule has 0 saturated carbocycles. The Hall–Kier alpha value is -1.02. The molecular weight excluding hydrogens is 220 g/mol. The van der Waals surface area contributed by atoms with E-state index in [0.29, 0.717) is 5.92 Å². The summed E-state index contributed by atoms with van der Waals surface area (Å²) in [5.74, 6) is 1.68. The summed E-state index contributed by atoms with van der Waals surface area (Å²) in [7, 11) is 0. The Morgan fingerprint density at radius 2 is 2.00 bits per heavy atom. The van der Waals surface area contributed by atoms with Crippen molar-refractivity contribution in [2.45, 2.75) is 32.1 Å². The number of hydrogen-bond donors (Lipinski definition) is 1. The molecule has 0 amide bonds. The Balaban J connectivity index is 1.59. The zero-order chi connectivity index (χ0) is 12.4. The zero-order valence-corrected chi connectivity index (χ0v) is 11.4. The van der Waals surface area contributed by atoms with E-state index >= 15 is 0 Å². The number of nitrogens with one attached hydrogen (secondary N) is 1. The molecule has 0 aliphatic carbocycles. The van der Waals surface area contributed by atoms with Crippen LogP contribution in [0.3, 0.4) is 0 Å². The third-order valence-electron chi connectivity index (χ3n) is 4.70. The highest BCUT2D eigenvalue weighted by Gasteiger charge is 2.25. The molecular formula is C16H24N2. The van der Waals surface area contributed by atoms with Crippen LogP contribution < -0.4 is 5.32 Å². The molecule has 0 spiro atoms. The van der Waals surface area contributed by atoms with E-state index in [1.165, 1.54) is 50.1 Å². The summed E-state index contributed by atoms with van der Waals surface area (Å²) >= 11 is 0. The molecule has 18 heavy (non-hydrogen) atoms. The topological polar surface area (TPSA) is 15.3 Å². The highest BCUT2D eigenvalue weighted by molar-refractivity contribution is 5.57. The molecule has 1 N–H and O–H groups in total. The monoisotopic (exact) mass is 244 g/mol. The molecule has 1 saturated heterocycles. The highest BCUT2D eigenvalue weighted by atomic mass is 15.1. The normalized spacial score (nSPS) is 24.8. The third kappa shape index (κ3) is 2.39. The fourth-order valence-corrected chi connectivity index (χ4v) is 3.41. The largest absolute Gasteiger partial charge is 0.384 e. The molecule has 2 aliphatic heterocycles. The third-order valence-corrected chi connectivity index (χ3v) is 4.70. The van der Waals surface area contributed by atoms with Gasteiger partial charge < -0.3 is 10.2 Å². The molecule has 98 valence electrons. The van der Waals surface area contributed by atoms with Crippen molar-refractivity contribution in [2.75, 3.05) is 31.5 Å². The quantitative estimate of drug-likeness (QED) is 0.877. The van der Waals surface area contributed by atoms with Gasteiger partial charge in [0, 0.05) is 24.7 Å². The molecule has 2 heteroatoms. The summed E-state index contributed by atoms with van der Waals surface area (Å²) < 4.78 is 0. The summed E-state index contributed by atoms with van der Waals surface area (Å²) in [6.45, 7) is 7.29. The number of anilines is 1. The standard InChI is InChI=1S/C16H24N2/c1-2-13-7-9-18(10-8-13)12-14-11-17-16-6-4-3-5-15(14)16/h3-6,13-14,17H,2,7-12H2,1H3. The lowest BCUT2D eigenvalue weighted by Gasteiger charge is -2.33. The van der Waals surface area contributed by atoms with Crippen LogP contribution in [0.25, 0.3) is 0 Å².